The maximum absolute atomic E-state index is 12.4. The minimum absolute atomic E-state index is 0.260. The van der Waals surface area contributed by atoms with Gasteiger partial charge in [0.2, 0.25) is 0 Å². The van der Waals surface area contributed by atoms with Gasteiger partial charge in [-0.1, -0.05) is 37.3 Å². The summed E-state index contributed by atoms with van der Waals surface area (Å²) in [6.45, 7) is 2.43. The standard InChI is InChI=1S/C18H22N6O/c1-3-14-11-15(23-22-14)12-20-18(25)21-16(13-7-5-4-6-8-13)17-19-9-10-24(17)2/h4-11,16H,3,12H2,1-2H3,(H,22,23)(H2,20,21,25)/t16-/m0/s1. The van der Waals surface area contributed by atoms with Gasteiger partial charge < -0.3 is 15.2 Å². The van der Waals surface area contributed by atoms with Crippen LogP contribution in [0.5, 0.6) is 0 Å². The first-order chi connectivity index (χ1) is 12.2. The number of hydrogen-bond acceptors (Lipinski definition) is 3. The van der Waals surface area contributed by atoms with E-state index in [-0.39, 0.29) is 12.1 Å². The molecular formula is C18H22N6O. The molecule has 3 N–H and O–H groups in total. The van der Waals surface area contributed by atoms with Crippen molar-refractivity contribution in [3.8, 4) is 0 Å². The molecule has 0 aliphatic carbocycles. The summed E-state index contributed by atoms with van der Waals surface area (Å²) >= 11 is 0. The number of benzene rings is 1. The summed E-state index contributed by atoms with van der Waals surface area (Å²) in [5.41, 5.74) is 2.83. The van der Waals surface area contributed by atoms with E-state index >= 15 is 0 Å². The van der Waals surface area contributed by atoms with Crippen LogP contribution in [-0.4, -0.2) is 25.8 Å². The molecule has 130 valence electrons. The average molecular weight is 338 g/mol. The highest BCUT2D eigenvalue weighted by Gasteiger charge is 2.20. The van der Waals surface area contributed by atoms with Crippen LogP contribution in [0.25, 0.3) is 0 Å². The summed E-state index contributed by atoms with van der Waals surface area (Å²) < 4.78 is 1.90. The van der Waals surface area contributed by atoms with E-state index in [0.29, 0.717) is 6.54 Å². The van der Waals surface area contributed by atoms with Gasteiger partial charge in [0, 0.05) is 19.4 Å². The van der Waals surface area contributed by atoms with E-state index in [1.165, 1.54) is 0 Å². The second-order valence-corrected chi connectivity index (χ2v) is 5.81. The van der Waals surface area contributed by atoms with Crippen molar-refractivity contribution in [2.45, 2.75) is 25.9 Å². The van der Waals surface area contributed by atoms with Crippen LogP contribution in [-0.2, 0) is 20.0 Å². The smallest absolute Gasteiger partial charge is 0.315 e. The fourth-order valence-electron chi connectivity index (χ4n) is 2.64. The SMILES string of the molecule is CCc1cc(CNC(=O)N[C@@H](c2ccccc2)c2nccn2C)[nH]n1. The van der Waals surface area contributed by atoms with E-state index < -0.39 is 0 Å². The van der Waals surface area contributed by atoms with Gasteiger partial charge in [0.1, 0.15) is 11.9 Å². The number of carbonyl (C=O) groups is 1. The van der Waals surface area contributed by atoms with Gasteiger partial charge in [-0.3, -0.25) is 5.10 Å². The van der Waals surface area contributed by atoms with E-state index in [2.05, 4.69) is 25.8 Å². The number of imidazole rings is 1. The fourth-order valence-corrected chi connectivity index (χ4v) is 2.64. The number of carbonyl (C=O) groups excluding carboxylic acids is 1. The predicted octanol–water partition coefficient (Wildman–Crippen LogP) is 2.29. The van der Waals surface area contributed by atoms with E-state index in [9.17, 15) is 4.79 Å². The van der Waals surface area contributed by atoms with Crippen LogP contribution >= 0.6 is 0 Å². The Labute approximate surface area is 146 Å². The highest BCUT2D eigenvalue weighted by molar-refractivity contribution is 5.74. The second kappa shape index (κ2) is 7.65. The second-order valence-electron chi connectivity index (χ2n) is 5.81. The van der Waals surface area contributed by atoms with Gasteiger partial charge in [-0.05, 0) is 18.1 Å². The zero-order valence-electron chi connectivity index (χ0n) is 14.4. The number of amides is 2. The average Bonchev–Trinajstić information content (AvgIpc) is 3.27. The van der Waals surface area contributed by atoms with Crippen LogP contribution in [0.3, 0.4) is 0 Å². The Hall–Kier alpha value is -3.09. The Balaban J connectivity index is 1.69. The minimum atomic E-state index is -0.325. The van der Waals surface area contributed by atoms with Crippen LogP contribution in [0, 0.1) is 0 Å². The summed E-state index contributed by atoms with van der Waals surface area (Å²) in [5, 5.41) is 12.9. The molecule has 0 spiro atoms. The Morgan fingerprint density at radius 2 is 2.12 bits per heavy atom. The van der Waals surface area contributed by atoms with Gasteiger partial charge in [-0.25, -0.2) is 9.78 Å². The Kier molecular flexibility index (Phi) is 5.13. The third kappa shape index (κ3) is 4.06. The van der Waals surface area contributed by atoms with Crippen LogP contribution in [0.2, 0.25) is 0 Å². The van der Waals surface area contributed by atoms with Gasteiger partial charge in [-0.2, -0.15) is 5.10 Å². The molecule has 3 aromatic rings. The number of aromatic nitrogens is 4. The number of nitrogens with zero attached hydrogens (tertiary/aromatic N) is 3. The van der Waals surface area contributed by atoms with Gasteiger partial charge >= 0.3 is 6.03 Å². The van der Waals surface area contributed by atoms with Crippen LogP contribution in [0.1, 0.15) is 35.7 Å². The Morgan fingerprint density at radius 1 is 1.32 bits per heavy atom. The highest BCUT2D eigenvalue weighted by Crippen LogP contribution is 2.19. The Morgan fingerprint density at radius 3 is 2.76 bits per heavy atom. The number of aryl methyl sites for hydroxylation is 2. The van der Waals surface area contributed by atoms with Crippen molar-refractivity contribution in [2.24, 2.45) is 7.05 Å². The fraction of sp³-hybridized carbons (Fsp3) is 0.278. The topological polar surface area (TPSA) is 87.6 Å². The lowest BCUT2D eigenvalue weighted by Gasteiger charge is -2.19. The maximum Gasteiger partial charge on any atom is 0.315 e. The molecule has 3 rings (SSSR count). The van der Waals surface area contributed by atoms with Crippen LogP contribution in [0.4, 0.5) is 4.79 Å². The molecule has 0 fully saturated rings. The first kappa shape index (κ1) is 16.8. The van der Waals surface area contributed by atoms with Gasteiger partial charge in [0.05, 0.1) is 17.9 Å². The third-order valence-corrected chi connectivity index (χ3v) is 4.01. The monoisotopic (exact) mass is 338 g/mol. The molecule has 7 heteroatoms. The van der Waals surface area contributed by atoms with Crippen LogP contribution in [0.15, 0.2) is 48.8 Å². The molecule has 2 aromatic heterocycles. The number of urea groups is 1. The molecule has 2 amide bonds. The van der Waals surface area contributed by atoms with E-state index in [1.54, 1.807) is 6.20 Å². The molecule has 2 heterocycles. The van der Waals surface area contributed by atoms with Crippen molar-refractivity contribution >= 4 is 6.03 Å². The molecule has 0 unspecified atom stereocenters. The third-order valence-electron chi connectivity index (χ3n) is 4.01. The van der Waals surface area contributed by atoms with Gasteiger partial charge in [0.15, 0.2) is 0 Å². The molecule has 0 saturated heterocycles. The first-order valence-electron chi connectivity index (χ1n) is 8.27. The normalized spacial score (nSPS) is 11.9. The molecule has 0 aliphatic rings. The van der Waals surface area contributed by atoms with E-state index in [0.717, 1.165) is 29.2 Å². The maximum atomic E-state index is 12.4. The summed E-state index contributed by atoms with van der Waals surface area (Å²) in [6.07, 6.45) is 4.45. The molecule has 25 heavy (non-hydrogen) atoms. The molecule has 0 bridgehead atoms. The molecule has 0 saturated carbocycles. The predicted molar refractivity (Wildman–Crippen MR) is 94.8 cm³/mol. The first-order valence-corrected chi connectivity index (χ1v) is 8.27. The van der Waals surface area contributed by atoms with Crippen molar-refractivity contribution in [3.05, 3.63) is 71.6 Å². The van der Waals surface area contributed by atoms with Crippen molar-refractivity contribution < 1.29 is 4.79 Å². The highest BCUT2D eigenvalue weighted by atomic mass is 16.2. The Bertz CT molecular complexity index is 823. The molecule has 0 radical (unpaired) electrons. The van der Waals surface area contributed by atoms with Gasteiger partial charge in [-0.15, -0.1) is 0 Å². The zero-order valence-corrected chi connectivity index (χ0v) is 14.4. The lowest BCUT2D eigenvalue weighted by Crippen LogP contribution is -2.39. The number of aromatic amines is 1. The number of nitrogens with one attached hydrogen (secondary N) is 3. The zero-order chi connectivity index (χ0) is 17.6. The summed E-state index contributed by atoms with van der Waals surface area (Å²) in [7, 11) is 1.91. The van der Waals surface area contributed by atoms with Gasteiger partial charge in [0.25, 0.3) is 0 Å². The van der Waals surface area contributed by atoms with Crippen molar-refractivity contribution in [2.75, 3.05) is 0 Å². The molecule has 1 aromatic carbocycles. The van der Waals surface area contributed by atoms with Crippen molar-refractivity contribution in [1.82, 2.24) is 30.4 Å². The molecular weight excluding hydrogens is 316 g/mol. The van der Waals surface area contributed by atoms with E-state index in [4.69, 9.17) is 0 Å². The van der Waals surface area contributed by atoms with Crippen molar-refractivity contribution in [3.63, 3.8) is 0 Å². The number of hydrogen-bond donors (Lipinski definition) is 3. The summed E-state index contributed by atoms with van der Waals surface area (Å²) in [5.74, 6) is 0.774. The van der Waals surface area contributed by atoms with Crippen LogP contribution < -0.4 is 10.6 Å². The van der Waals surface area contributed by atoms with Crippen molar-refractivity contribution in [1.29, 1.82) is 0 Å². The van der Waals surface area contributed by atoms with E-state index in [1.807, 2.05) is 61.1 Å². The molecule has 0 aliphatic heterocycles. The summed E-state index contributed by atoms with van der Waals surface area (Å²) in [6, 6.07) is 11.2. The summed E-state index contributed by atoms with van der Waals surface area (Å²) in [4.78, 5) is 16.8. The lowest BCUT2D eigenvalue weighted by atomic mass is 10.1. The number of H-pyrrole nitrogens is 1. The quantitative estimate of drug-likeness (QED) is 0.644. The lowest BCUT2D eigenvalue weighted by molar-refractivity contribution is 0.237. The largest absolute Gasteiger partial charge is 0.336 e. The molecule has 1 atom stereocenters. The minimum Gasteiger partial charge on any atom is -0.336 e. The molecule has 7 nitrogen and oxygen atoms in total. The number of rotatable bonds is 6.